The quantitative estimate of drug-likeness (QED) is 0.571. The Morgan fingerprint density at radius 3 is 2.82 bits per heavy atom. The van der Waals surface area contributed by atoms with Crippen LogP contribution in [-0.2, 0) is 4.79 Å². The Kier molecular flexibility index (Phi) is 3.33. The maximum absolute atomic E-state index is 11.9. The molecule has 3 heterocycles. The number of rotatable bonds is 2. The van der Waals surface area contributed by atoms with Crippen molar-refractivity contribution in [1.82, 2.24) is 14.7 Å². The van der Waals surface area contributed by atoms with Gasteiger partial charge in [-0.3, -0.25) is 9.20 Å². The molecular formula is C15H9N3OS3. The molecule has 1 aromatic carbocycles. The molecule has 1 aliphatic rings. The lowest BCUT2D eigenvalue weighted by Gasteiger charge is -2.00. The number of hydrogen-bond donors (Lipinski definition) is 1. The molecule has 0 radical (unpaired) electrons. The van der Waals surface area contributed by atoms with E-state index in [2.05, 4.69) is 5.32 Å². The van der Waals surface area contributed by atoms with Crippen molar-refractivity contribution in [1.29, 1.82) is 0 Å². The van der Waals surface area contributed by atoms with Crippen LogP contribution < -0.4 is 5.32 Å². The molecule has 0 bridgehead atoms. The fourth-order valence-electron chi connectivity index (χ4n) is 2.29. The van der Waals surface area contributed by atoms with Crippen molar-refractivity contribution in [2.75, 3.05) is 0 Å². The number of thioether (sulfide) groups is 1. The van der Waals surface area contributed by atoms with Crippen molar-refractivity contribution in [3.8, 4) is 11.3 Å². The van der Waals surface area contributed by atoms with Gasteiger partial charge in [-0.05, 0) is 6.08 Å². The van der Waals surface area contributed by atoms with Crippen LogP contribution in [0.25, 0.3) is 22.3 Å². The van der Waals surface area contributed by atoms with Crippen LogP contribution in [0, 0.1) is 0 Å². The summed E-state index contributed by atoms with van der Waals surface area (Å²) in [5, 5.41) is 4.62. The van der Waals surface area contributed by atoms with Crippen LogP contribution in [0.5, 0.6) is 0 Å². The number of hydrogen-bond acceptors (Lipinski definition) is 5. The van der Waals surface area contributed by atoms with Gasteiger partial charge in [0.15, 0.2) is 4.96 Å². The number of carbonyl (C=O) groups is 1. The zero-order valence-electron chi connectivity index (χ0n) is 11.1. The fraction of sp³-hybridized carbons (Fsp3) is 0. The molecular weight excluding hydrogens is 334 g/mol. The predicted octanol–water partition coefficient (Wildman–Crippen LogP) is 3.55. The van der Waals surface area contributed by atoms with Crippen LogP contribution in [0.15, 0.2) is 46.8 Å². The summed E-state index contributed by atoms with van der Waals surface area (Å²) in [5.74, 6) is -0.154. The minimum Gasteiger partial charge on any atom is -0.307 e. The number of amides is 1. The second kappa shape index (κ2) is 5.35. The highest BCUT2D eigenvalue weighted by molar-refractivity contribution is 8.26. The van der Waals surface area contributed by atoms with Crippen molar-refractivity contribution >= 4 is 56.6 Å². The molecule has 0 atom stereocenters. The van der Waals surface area contributed by atoms with Crippen LogP contribution in [0.4, 0.5) is 0 Å². The van der Waals surface area contributed by atoms with Gasteiger partial charge < -0.3 is 5.32 Å². The van der Waals surface area contributed by atoms with E-state index in [4.69, 9.17) is 17.2 Å². The van der Waals surface area contributed by atoms with E-state index in [1.54, 1.807) is 11.3 Å². The number of nitrogens with zero attached hydrogens (tertiary/aromatic N) is 2. The van der Waals surface area contributed by atoms with Gasteiger partial charge in [0, 0.05) is 17.1 Å². The van der Waals surface area contributed by atoms with Gasteiger partial charge in [-0.15, -0.1) is 11.3 Å². The molecule has 1 fully saturated rings. The number of fused-ring (bicyclic) bond motifs is 1. The molecule has 1 amide bonds. The maximum atomic E-state index is 11.9. The number of carbonyl (C=O) groups excluding carboxylic acids is 1. The molecule has 7 heteroatoms. The van der Waals surface area contributed by atoms with Gasteiger partial charge in [-0.2, -0.15) is 0 Å². The first kappa shape index (κ1) is 13.7. The molecule has 3 aromatic rings. The molecule has 0 aliphatic carbocycles. The molecule has 22 heavy (non-hydrogen) atoms. The number of benzene rings is 1. The summed E-state index contributed by atoms with van der Waals surface area (Å²) in [7, 11) is 0. The highest BCUT2D eigenvalue weighted by atomic mass is 32.2. The predicted molar refractivity (Wildman–Crippen MR) is 94.8 cm³/mol. The Hall–Kier alpha value is -1.96. The summed E-state index contributed by atoms with van der Waals surface area (Å²) < 4.78 is 2.48. The summed E-state index contributed by atoms with van der Waals surface area (Å²) in [6.45, 7) is 0. The van der Waals surface area contributed by atoms with Crippen LogP contribution in [0.1, 0.15) is 5.69 Å². The summed E-state index contributed by atoms with van der Waals surface area (Å²) in [5.41, 5.74) is 2.78. The third-order valence-electron chi connectivity index (χ3n) is 3.26. The zero-order valence-corrected chi connectivity index (χ0v) is 13.6. The summed E-state index contributed by atoms with van der Waals surface area (Å²) in [4.78, 5) is 18.1. The van der Waals surface area contributed by atoms with Crippen LogP contribution in [0.3, 0.4) is 0 Å². The average Bonchev–Trinajstić information content (AvgIpc) is 3.17. The molecule has 4 nitrogen and oxygen atoms in total. The number of aromatic nitrogens is 2. The minimum atomic E-state index is -0.154. The fourth-order valence-corrected chi connectivity index (χ4v) is 4.04. The monoisotopic (exact) mass is 343 g/mol. The van der Waals surface area contributed by atoms with Gasteiger partial charge in [0.2, 0.25) is 0 Å². The van der Waals surface area contributed by atoms with E-state index < -0.39 is 0 Å². The van der Waals surface area contributed by atoms with Crippen LogP contribution in [-0.4, -0.2) is 19.6 Å². The average molecular weight is 343 g/mol. The second-order valence-corrected chi connectivity index (χ2v) is 7.21. The lowest BCUT2D eigenvalue weighted by atomic mass is 10.1. The van der Waals surface area contributed by atoms with E-state index in [1.807, 2.05) is 52.4 Å². The van der Waals surface area contributed by atoms with E-state index in [1.165, 1.54) is 11.8 Å². The Morgan fingerprint density at radius 1 is 1.27 bits per heavy atom. The number of imidazole rings is 1. The van der Waals surface area contributed by atoms with Crippen molar-refractivity contribution in [2.45, 2.75) is 0 Å². The molecule has 1 aliphatic heterocycles. The number of thiazole rings is 1. The van der Waals surface area contributed by atoms with Crippen molar-refractivity contribution < 1.29 is 4.79 Å². The van der Waals surface area contributed by atoms with E-state index >= 15 is 0 Å². The van der Waals surface area contributed by atoms with Crippen molar-refractivity contribution in [2.24, 2.45) is 0 Å². The first-order chi connectivity index (χ1) is 10.7. The molecule has 0 saturated carbocycles. The third kappa shape index (κ3) is 2.27. The lowest BCUT2D eigenvalue weighted by Crippen LogP contribution is -2.17. The molecule has 108 valence electrons. The van der Waals surface area contributed by atoms with E-state index in [9.17, 15) is 4.79 Å². The van der Waals surface area contributed by atoms with E-state index in [0.29, 0.717) is 9.23 Å². The molecule has 0 spiro atoms. The first-order valence-corrected chi connectivity index (χ1v) is 8.58. The Bertz CT molecular complexity index is 924. The normalized spacial score (nSPS) is 16.6. The highest BCUT2D eigenvalue weighted by Gasteiger charge is 2.24. The second-order valence-electron chi connectivity index (χ2n) is 4.62. The van der Waals surface area contributed by atoms with Gasteiger partial charge in [-0.25, -0.2) is 4.98 Å². The standard InChI is InChI=1S/C15H9N3OS3/c19-13-11(22-15(20)17-13)8-10-12(9-4-2-1-3-5-9)16-14-18(10)6-7-21-14/h1-8H,(H,17,19,20). The van der Waals surface area contributed by atoms with Gasteiger partial charge >= 0.3 is 0 Å². The van der Waals surface area contributed by atoms with Crippen molar-refractivity contribution in [3.05, 3.63) is 52.5 Å². The topological polar surface area (TPSA) is 46.4 Å². The Balaban J connectivity index is 1.92. The minimum absolute atomic E-state index is 0.154. The molecule has 1 N–H and O–H groups in total. The zero-order chi connectivity index (χ0) is 15.1. The third-order valence-corrected chi connectivity index (χ3v) is 5.18. The number of nitrogens with one attached hydrogen (secondary N) is 1. The van der Waals surface area contributed by atoms with Crippen LogP contribution in [0.2, 0.25) is 0 Å². The van der Waals surface area contributed by atoms with Gasteiger partial charge in [0.05, 0.1) is 16.3 Å². The van der Waals surface area contributed by atoms with E-state index in [0.717, 1.165) is 21.9 Å². The van der Waals surface area contributed by atoms with E-state index in [-0.39, 0.29) is 5.91 Å². The highest BCUT2D eigenvalue weighted by Crippen LogP contribution is 2.32. The Morgan fingerprint density at radius 2 is 2.09 bits per heavy atom. The summed E-state index contributed by atoms with van der Waals surface area (Å²) >= 11 is 7.89. The van der Waals surface area contributed by atoms with Gasteiger partial charge in [-0.1, -0.05) is 54.3 Å². The SMILES string of the molecule is O=C1NC(=S)SC1=Cc1c(-c2ccccc2)nc2sccn12. The molecule has 1 saturated heterocycles. The smallest absolute Gasteiger partial charge is 0.263 e. The van der Waals surface area contributed by atoms with Gasteiger partial charge in [0.1, 0.15) is 4.32 Å². The molecule has 4 rings (SSSR count). The summed E-state index contributed by atoms with van der Waals surface area (Å²) in [6.07, 6.45) is 3.82. The molecule has 2 aromatic heterocycles. The maximum Gasteiger partial charge on any atom is 0.263 e. The Labute approximate surface area is 139 Å². The molecule has 0 unspecified atom stereocenters. The lowest BCUT2D eigenvalue weighted by molar-refractivity contribution is -0.115. The number of thiocarbonyl (C=S) groups is 1. The first-order valence-electron chi connectivity index (χ1n) is 6.48. The van der Waals surface area contributed by atoms with Crippen LogP contribution >= 0.6 is 35.3 Å². The largest absolute Gasteiger partial charge is 0.307 e. The summed E-state index contributed by atoms with van der Waals surface area (Å²) in [6, 6.07) is 9.96. The van der Waals surface area contributed by atoms with Gasteiger partial charge in [0.25, 0.3) is 5.91 Å². The van der Waals surface area contributed by atoms with Crippen molar-refractivity contribution in [3.63, 3.8) is 0 Å².